The van der Waals surface area contributed by atoms with E-state index in [-0.39, 0.29) is 22.6 Å². The fourth-order valence-corrected chi connectivity index (χ4v) is 1.92. The van der Waals surface area contributed by atoms with Gasteiger partial charge in [-0.05, 0) is 13.3 Å². The van der Waals surface area contributed by atoms with Gasteiger partial charge in [-0.3, -0.25) is 9.59 Å². The summed E-state index contributed by atoms with van der Waals surface area (Å²) in [5.41, 5.74) is 0. The molecule has 0 bridgehead atoms. The molecule has 0 radical (unpaired) electrons. The quantitative estimate of drug-likeness (QED) is 0.731. The van der Waals surface area contributed by atoms with E-state index in [1.807, 2.05) is 0 Å². The molecule has 0 aliphatic carbocycles. The molecular formula is C9H15BrN2O2. The first-order valence-electron chi connectivity index (χ1n) is 4.70. The average Bonchev–Trinajstić information content (AvgIpc) is 2.64. The molecule has 2 atom stereocenters. The molecule has 0 saturated carbocycles. The third-order valence-electron chi connectivity index (χ3n) is 2.46. The third kappa shape index (κ3) is 2.47. The number of halogens is 1. The van der Waals surface area contributed by atoms with Crippen LogP contribution in [0.3, 0.4) is 0 Å². The first-order chi connectivity index (χ1) is 6.56. The van der Waals surface area contributed by atoms with Crippen LogP contribution in [0.2, 0.25) is 0 Å². The van der Waals surface area contributed by atoms with E-state index < -0.39 is 0 Å². The van der Waals surface area contributed by atoms with Gasteiger partial charge in [0, 0.05) is 20.1 Å². The van der Waals surface area contributed by atoms with Gasteiger partial charge in [0.15, 0.2) is 0 Å². The van der Waals surface area contributed by atoms with E-state index in [0.29, 0.717) is 13.1 Å². The normalized spacial score (nSPS) is 23.4. The Morgan fingerprint density at radius 3 is 2.71 bits per heavy atom. The topological polar surface area (TPSA) is 49.4 Å². The van der Waals surface area contributed by atoms with Gasteiger partial charge >= 0.3 is 0 Å². The van der Waals surface area contributed by atoms with Gasteiger partial charge in [0.2, 0.25) is 11.8 Å². The highest BCUT2D eigenvalue weighted by Gasteiger charge is 2.31. The Bertz CT molecular complexity index is 243. The van der Waals surface area contributed by atoms with Crippen molar-refractivity contribution < 1.29 is 9.59 Å². The van der Waals surface area contributed by atoms with Crippen molar-refractivity contribution in [2.24, 2.45) is 5.92 Å². The Hall–Kier alpha value is -0.580. The summed E-state index contributed by atoms with van der Waals surface area (Å²) in [6.07, 6.45) is 0.769. The Kier molecular flexibility index (Phi) is 3.92. The lowest BCUT2D eigenvalue weighted by atomic mass is 10.1. The zero-order valence-corrected chi connectivity index (χ0v) is 10.0. The maximum absolute atomic E-state index is 11.5. The van der Waals surface area contributed by atoms with Gasteiger partial charge in [-0.2, -0.15) is 0 Å². The summed E-state index contributed by atoms with van der Waals surface area (Å²) in [7, 11) is 1.62. The molecule has 1 N–H and O–H groups in total. The van der Waals surface area contributed by atoms with Crippen LogP contribution in [0.1, 0.15) is 13.3 Å². The van der Waals surface area contributed by atoms with Gasteiger partial charge in [0.05, 0.1) is 10.7 Å². The number of amides is 2. The lowest BCUT2D eigenvalue weighted by Gasteiger charge is -2.17. The van der Waals surface area contributed by atoms with Crippen molar-refractivity contribution in [1.82, 2.24) is 10.2 Å². The summed E-state index contributed by atoms with van der Waals surface area (Å²) in [5, 5.41) is 2.61. The van der Waals surface area contributed by atoms with E-state index in [2.05, 4.69) is 21.2 Å². The molecule has 4 nitrogen and oxygen atoms in total. The second kappa shape index (κ2) is 4.77. The van der Waals surface area contributed by atoms with Crippen molar-refractivity contribution in [3.8, 4) is 0 Å². The summed E-state index contributed by atoms with van der Waals surface area (Å²) < 4.78 is 0. The molecule has 0 aromatic carbocycles. The smallest absolute Gasteiger partial charge is 0.236 e. The number of carbonyl (C=O) groups is 2. The molecule has 1 rings (SSSR count). The van der Waals surface area contributed by atoms with Crippen LogP contribution in [0.5, 0.6) is 0 Å². The van der Waals surface area contributed by atoms with Crippen LogP contribution in [0.4, 0.5) is 0 Å². The van der Waals surface area contributed by atoms with Crippen molar-refractivity contribution in [3.63, 3.8) is 0 Å². The number of nitrogens with zero attached hydrogens (tertiary/aromatic N) is 1. The SMILES string of the molecule is CNC(=O)[C@@H]1CCN(C(=O)[C@H](C)Br)C1. The zero-order chi connectivity index (χ0) is 10.7. The first kappa shape index (κ1) is 11.5. The predicted molar refractivity (Wildman–Crippen MR) is 57.1 cm³/mol. The third-order valence-corrected chi connectivity index (χ3v) is 2.85. The summed E-state index contributed by atoms with van der Waals surface area (Å²) >= 11 is 3.23. The van der Waals surface area contributed by atoms with Crippen LogP contribution < -0.4 is 5.32 Å². The van der Waals surface area contributed by atoms with Crippen molar-refractivity contribution in [1.29, 1.82) is 0 Å². The number of hydrogen-bond acceptors (Lipinski definition) is 2. The van der Waals surface area contributed by atoms with Crippen molar-refractivity contribution in [2.45, 2.75) is 18.2 Å². The summed E-state index contributed by atoms with van der Waals surface area (Å²) in [5.74, 6) is 0.0640. The molecule has 1 aliphatic rings. The minimum atomic E-state index is -0.161. The van der Waals surface area contributed by atoms with Crippen LogP contribution in [0, 0.1) is 5.92 Å². The molecule has 1 heterocycles. The fourth-order valence-electron chi connectivity index (χ4n) is 1.63. The van der Waals surface area contributed by atoms with E-state index in [9.17, 15) is 9.59 Å². The van der Waals surface area contributed by atoms with Crippen molar-refractivity contribution in [3.05, 3.63) is 0 Å². The maximum Gasteiger partial charge on any atom is 0.236 e. The monoisotopic (exact) mass is 262 g/mol. The summed E-state index contributed by atoms with van der Waals surface area (Å²) in [6, 6.07) is 0. The van der Waals surface area contributed by atoms with E-state index in [1.165, 1.54) is 0 Å². The van der Waals surface area contributed by atoms with E-state index in [4.69, 9.17) is 0 Å². The van der Waals surface area contributed by atoms with Crippen molar-refractivity contribution >= 4 is 27.7 Å². The van der Waals surface area contributed by atoms with E-state index in [0.717, 1.165) is 6.42 Å². The number of hydrogen-bond donors (Lipinski definition) is 1. The molecular weight excluding hydrogens is 248 g/mol. The van der Waals surface area contributed by atoms with E-state index in [1.54, 1.807) is 18.9 Å². The van der Waals surface area contributed by atoms with Crippen LogP contribution in [0.15, 0.2) is 0 Å². The van der Waals surface area contributed by atoms with Gasteiger partial charge in [0.1, 0.15) is 0 Å². The lowest BCUT2D eigenvalue weighted by molar-refractivity contribution is -0.129. The van der Waals surface area contributed by atoms with Gasteiger partial charge < -0.3 is 10.2 Å². The van der Waals surface area contributed by atoms with Crippen molar-refractivity contribution in [2.75, 3.05) is 20.1 Å². The Labute approximate surface area is 92.2 Å². The molecule has 5 heteroatoms. The standard InChI is InChI=1S/C9H15BrN2O2/c1-6(10)9(14)12-4-3-7(5-12)8(13)11-2/h6-7H,3-5H2,1-2H3,(H,11,13)/t6-,7+/m0/s1. The zero-order valence-electron chi connectivity index (χ0n) is 8.42. The largest absolute Gasteiger partial charge is 0.359 e. The molecule has 80 valence electrons. The number of rotatable bonds is 2. The van der Waals surface area contributed by atoms with Crippen LogP contribution in [0.25, 0.3) is 0 Å². The molecule has 1 fully saturated rings. The van der Waals surface area contributed by atoms with Crippen LogP contribution in [-0.2, 0) is 9.59 Å². The van der Waals surface area contributed by atoms with Gasteiger partial charge in [0.25, 0.3) is 0 Å². The van der Waals surface area contributed by atoms with Gasteiger partial charge in [-0.1, -0.05) is 15.9 Å². The predicted octanol–water partition coefficient (Wildman–Crippen LogP) is 0.364. The summed E-state index contributed by atoms with van der Waals surface area (Å²) in [6.45, 7) is 3.04. The van der Waals surface area contributed by atoms with Gasteiger partial charge in [-0.15, -0.1) is 0 Å². The minimum Gasteiger partial charge on any atom is -0.359 e. The lowest BCUT2D eigenvalue weighted by Crippen LogP contribution is -2.36. The Morgan fingerprint density at radius 2 is 2.21 bits per heavy atom. The van der Waals surface area contributed by atoms with Crippen LogP contribution >= 0.6 is 15.9 Å². The molecule has 1 saturated heterocycles. The molecule has 0 aromatic rings. The van der Waals surface area contributed by atoms with E-state index >= 15 is 0 Å². The maximum atomic E-state index is 11.5. The summed E-state index contributed by atoms with van der Waals surface area (Å²) in [4.78, 5) is 24.4. The fraction of sp³-hybridized carbons (Fsp3) is 0.778. The minimum absolute atomic E-state index is 0.0301. The molecule has 0 aromatic heterocycles. The molecule has 1 aliphatic heterocycles. The number of carbonyl (C=O) groups excluding carboxylic acids is 2. The number of alkyl halides is 1. The molecule has 14 heavy (non-hydrogen) atoms. The first-order valence-corrected chi connectivity index (χ1v) is 5.62. The Balaban J connectivity index is 2.49. The highest BCUT2D eigenvalue weighted by Crippen LogP contribution is 2.18. The number of nitrogens with one attached hydrogen (secondary N) is 1. The van der Waals surface area contributed by atoms with Gasteiger partial charge in [-0.25, -0.2) is 0 Å². The molecule has 2 amide bonds. The molecule has 0 spiro atoms. The second-order valence-corrected chi connectivity index (χ2v) is 4.87. The molecule has 0 unspecified atom stereocenters. The highest BCUT2D eigenvalue weighted by atomic mass is 79.9. The average molecular weight is 263 g/mol. The second-order valence-electron chi connectivity index (χ2n) is 3.50. The highest BCUT2D eigenvalue weighted by molar-refractivity contribution is 9.10. The number of likely N-dealkylation sites (tertiary alicyclic amines) is 1. The van der Waals surface area contributed by atoms with Crippen LogP contribution in [-0.4, -0.2) is 41.7 Å². The Morgan fingerprint density at radius 1 is 1.57 bits per heavy atom.